The van der Waals surface area contributed by atoms with E-state index in [0.717, 1.165) is 6.07 Å². The number of hydrogen-bond acceptors (Lipinski definition) is 5. The van der Waals surface area contributed by atoms with E-state index in [4.69, 9.17) is 0 Å². The Hall–Kier alpha value is -3.16. The summed E-state index contributed by atoms with van der Waals surface area (Å²) in [6.45, 7) is 0. The van der Waals surface area contributed by atoms with Gasteiger partial charge in [0.1, 0.15) is 11.3 Å². The van der Waals surface area contributed by atoms with Crippen molar-refractivity contribution >= 4 is 17.3 Å². The summed E-state index contributed by atoms with van der Waals surface area (Å²) in [5.41, 5.74) is -1.68. The number of aromatic nitrogens is 1. The Balaban J connectivity index is 2.41. The Morgan fingerprint density at radius 3 is 2.70 bits per heavy atom. The quantitative estimate of drug-likeness (QED) is 0.441. The van der Waals surface area contributed by atoms with E-state index in [1.807, 2.05) is 0 Å². The van der Waals surface area contributed by atoms with Gasteiger partial charge in [-0.05, 0) is 18.2 Å². The van der Waals surface area contributed by atoms with Gasteiger partial charge in [0.05, 0.1) is 4.92 Å². The molecule has 8 heteroatoms. The van der Waals surface area contributed by atoms with Crippen LogP contribution in [0.1, 0.15) is 10.4 Å². The van der Waals surface area contributed by atoms with Crippen molar-refractivity contribution in [3.8, 4) is 5.75 Å². The standard InChI is InChI=1S/C12H9N3O5/c16-9-5-1-4-8(15(19)20)10(9)14-12(18)7-3-2-6-13-11(7)17/h1-6,16H,(H,13,17)(H,14,18). The van der Waals surface area contributed by atoms with Crippen molar-refractivity contribution in [3.63, 3.8) is 0 Å². The number of phenolic OH excluding ortho intramolecular Hbond substituents is 1. The Kier molecular flexibility index (Phi) is 3.47. The van der Waals surface area contributed by atoms with Crippen molar-refractivity contribution in [1.82, 2.24) is 4.98 Å². The molecule has 3 N–H and O–H groups in total. The third kappa shape index (κ3) is 2.48. The number of rotatable bonds is 3. The monoisotopic (exact) mass is 275 g/mol. The van der Waals surface area contributed by atoms with Crippen molar-refractivity contribution in [2.45, 2.75) is 0 Å². The largest absolute Gasteiger partial charge is 0.505 e. The molecule has 0 aliphatic heterocycles. The van der Waals surface area contributed by atoms with Gasteiger partial charge < -0.3 is 15.4 Å². The van der Waals surface area contributed by atoms with Gasteiger partial charge in [0, 0.05) is 12.3 Å². The second-order valence-electron chi connectivity index (χ2n) is 3.80. The average Bonchev–Trinajstić information content (AvgIpc) is 2.41. The lowest BCUT2D eigenvalue weighted by Crippen LogP contribution is -2.22. The third-order valence-electron chi connectivity index (χ3n) is 2.52. The number of nitrogens with zero attached hydrogens (tertiary/aromatic N) is 1. The fourth-order valence-electron chi connectivity index (χ4n) is 1.59. The van der Waals surface area contributed by atoms with Gasteiger partial charge >= 0.3 is 0 Å². The van der Waals surface area contributed by atoms with Gasteiger partial charge in [-0.3, -0.25) is 19.7 Å². The van der Waals surface area contributed by atoms with Crippen molar-refractivity contribution in [1.29, 1.82) is 0 Å². The fraction of sp³-hybridized carbons (Fsp3) is 0. The van der Waals surface area contributed by atoms with Crippen molar-refractivity contribution < 1.29 is 14.8 Å². The highest BCUT2D eigenvalue weighted by Crippen LogP contribution is 2.33. The molecule has 0 aliphatic carbocycles. The maximum Gasteiger partial charge on any atom is 0.296 e. The number of aromatic hydroxyl groups is 1. The third-order valence-corrected chi connectivity index (χ3v) is 2.52. The number of amides is 1. The summed E-state index contributed by atoms with van der Waals surface area (Å²) in [4.78, 5) is 35.7. The normalized spacial score (nSPS) is 10.0. The van der Waals surface area contributed by atoms with E-state index in [1.54, 1.807) is 0 Å². The van der Waals surface area contributed by atoms with Crippen LogP contribution >= 0.6 is 0 Å². The smallest absolute Gasteiger partial charge is 0.296 e. The molecule has 8 nitrogen and oxygen atoms in total. The molecule has 0 saturated carbocycles. The van der Waals surface area contributed by atoms with E-state index in [9.17, 15) is 24.8 Å². The highest BCUT2D eigenvalue weighted by Gasteiger charge is 2.21. The summed E-state index contributed by atoms with van der Waals surface area (Å²) in [5, 5.41) is 22.6. The molecule has 0 atom stereocenters. The number of anilines is 1. The van der Waals surface area contributed by atoms with Crippen LogP contribution in [0.15, 0.2) is 41.3 Å². The number of pyridine rings is 1. The van der Waals surface area contributed by atoms with E-state index in [-0.39, 0.29) is 11.3 Å². The molecule has 0 radical (unpaired) electrons. The molecule has 0 saturated heterocycles. The van der Waals surface area contributed by atoms with Gasteiger partial charge in [0.25, 0.3) is 17.2 Å². The van der Waals surface area contributed by atoms with E-state index >= 15 is 0 Å². The molecule has 1 amide bonds. The van der Waals surface area contributed by atoms with E-state index in [1.165, 1.54) is 30.5 Å². The number of carbonyl (C=O) groups excluding carboxylic acids is 1. The fourth-order valence-corrected chi connectivity index (χ4v) is 1.59. The Morgan fingerprint density at radius 1 is 1.30 bits per heavy atom. The number of nitro groups is 1. The molecule has 2 aromatic rings. The molecular weight excluding hydrogens is 266 g/mol. The number of para-hydroxylation sites is 1. The minimum atomic E-state index is -0.851. The number of aromatic amines is 1. The van der Waals surface area contributed by atoms with Crippen LogP contribution in [-0.4, -0.2) is 20.9 Å². The zero-order chi connectivity index (χ0) is 14.7. The van der Waals surface area contributed by atoms with Crippen LogP contribution in [-0.2, 0) is 0 Å². The summed E-state index contributed by atoms with van der Waals surface area (Å²) in [5.74, 6) is -1.31. The molecule has 0 aliphatic rings. The number of benzene rings is 1. The molecular formula is C12H9N3O5. The predicted molar refractivity (Wildman–Crippen MR) is 69.8 cm³/mol. The minimum Gasteiger partial charge on any atom is -0.505 e. The SMILES string of the molecule is O=C(Nc1c(O)cccc1[N+](=O)[O-])c1ccc[nH]c1=O. The first-order valence-electron chi connectivity index (χ1n) is 5.46. The van der Waals surface area contributed by atoms with Crippen molar-refractivity contribution in [3.05, 3.63) is 62.6 Å². The molecule has 20 heavy (non-hydrogen) atoms. The molecule has 0 spiro atoms. The zero-order valence-electron chi connectivity index (χ0n) is 9.99. The van der Waals surface area contributed by atoms with Gasteiger partial charge in [-0.1, -0.05) is 6.07 Å². The Morgan fingerprint density at radius 2 is 2.05 bits per heavy atom. The summed E-state index contributed by atoms with van der Waals surface area (Å²) in [6.07, 6.45) is 1.35. The van der Waals surface area contributed by atoms with Crippen LogP contribution in [0.4, 0.5) is 11.4 Å². The van der Waals surface area contributed by atoms with E-state index in [2.05, 4.69) is 10.3 Å². The number of carbonyl (C=O) groups is 1. The van der Waals surface area contributed by atoms with Crippen molar-refractivity contribution in [2.24, 2.45) is 0 Å². The van der Waals surface area contributed by atoms with Crippen LogP contribution in [0.2, 0.25) is 0 Å². The molecule has 102 valence electrons. The Bertz CT molecular complexity index is 738. The van der Waals surface area contributed by atoms with Gasteiger partial charge in [0.2, 0.25) is 0 Å². The summed E-state index contributed by atoms with van der Waals surface area (Å²) in [7, 11) is 0. The molecule has 1 heterocycles. The maximum atomic E-state index is 11.9. The lowest BCUT2D eigenvalue weighted by molar-refractivity contribution is -0.384. The van der Waals surface area contributed by atoms with Gasteiger partial charge in [-0.15, -0.1) is 0 Å². The second kappa shape index (κ2) is 5.22. The van der Waals surface area contributed by atoms with Crippen LogP contribution in [0.25, 0.3) is 0 Å². The second-order valence-corrected chi connectivity index (χ2v) is 3.80. The molecule has 0 unspecified atom stereocenters. The summed E-state index contributed by atoms with van der Waals surface area (Å²) >= 11 is 0. The molecule has 0 bridgehead atoms. The lowest BCUT2D eigenvalue weighted by atomic mass is 10.2. The van der Waals surface area contributed by atoms with Crippen LogP contribution in [0, 0.1) is 10.1 Å². The first kappa shape index (κ1) is 13.3. The van der Waals surface area contributed by atoms with E-state index < -0.39 is 27.8 Å². The number of H-pyrrole nitrogens is 1. The number of nitro benzene ring substituents is 1. The number of hydrogen-bond donors (Lipinski definition) is 3. The molecule has 1 aromatic heterocycles. The maximum absolute atomic E-state index is 11.9. The number of phenols is 1. The first-order valence-corrected chi connectivity index (χ1v) is 5.46. The van der Waals surface area contributed by atoms with Crippen LogP contribution in [0.3, 0.4) is 0 Å². The zero-order valence-corrected chi connectivity index (χ0v) is 9.99. The van der Waals surface area contributed by atoms with Crippen LogP contribution < -0.4 is 10.9 Å². The summed E-state index contributed by atoms with van der Waals surface area (Å²) in [6, 6.07) is 6.30. The number of nitrogens with one attached hydrogen (secondary N) is 2. The van der Waals surface area contributed by atoms with E-state index in [0.29, 0.717) is 0 Å². The minimum absolute atomic E-state index is 0.218. The van der Waals surface area contributed by atoms with Crippen LogP contribution in [0.5, 0.6) is 5.75 Å². The first-order chi connectivity index (χ1) is 9.50. The lowest BCUT2D eigenvalue weighted by Gasteiger charge is -2.07. The molecule has 0 fully saturated rings. The highest BCUT2D eigenvalue weighted by molar-refractivity contribution is 6.06. The van der Waals surface area contributed by atoms with Gasteiger partial charge in [-0.25, -0.2) is 0 Å². The Labute approximate surface area is 111 Å². The van der Waals surface area contributed by atoms with Gasteiger partial charge in [0.15, 0.2) is 5.69 Å². The topological polar surface area (TPSA) is 125 Å². The molecule has 2 rings (SSSR count). The van der Waals surface area contributed by atoms with Gasteiger partial charge in [-0.2, -0.15) is 0 Å². The van der Waals surface area contributed by atoms with Crippen molar-refractivity contribution in [2.75, 3.05) is 5.32 Å². The predicted octanol–water partition coefficient (Wildman–Crippen LogP) is 1.24. The average molecular weight is 275 g/mol. The summed E-state index contributed by atoms with van der Waals surface area (Å²) < 4.78 is 0. The highest BCUT2D eigenvalue weighted by atomic mass is 16.6. The molecule has 1 aromatic carbocycles.